The highest BCUT2D eigenvalue weighted by Crippen LogP contribution is 2.26. The lowest BCUT2D eigenvalue weighted by atomic mass is 10.2. The van der Waals surface area contributed by atoms with Crippen LogP contribution in [0.5, 0.6) is 5.75 Å². The van der Waals surface area contributed by atoms with Crippen molar-refractivity contribution >= 4 is 17.3 Å². The largest absolute Gasteiger partial charge is 0.495 e. The number of hydrogen-bond donors (Lipinski definition) is 2. The van der Waals surface area contributed by atoms with Crippen LogP contribution in [0.25, 0.3) is 0 Å². The normalized spacial score (nSPS) is 10.3. The fourth-order valence-corrected chi connectivity index (χ4v) is 1.90. The Hall–Kier alpha value is -2.43. The van der Waals surface area contributed by atoms with Gasteiger partial charge in [-0.15, -0.1) is 0 Å². The van der Waals surface area contributed by atoms with Crippen LogP contribution >= 0.6 is 0 Å². The van der Waals surface area contributed by atoms with Crippen LogP contribution in [0.1, 0.15) is 16.1 Å². The van der Waals surface area contributed by atoms with Crippen LogP contribution in [0.2, 0.25) is 0 Å². The molecule has 5 nitrogen and oxygen atoms in total. The first-order valence-corrected chi connectivity index (χ1v) is 5.89. The molecule has 5 heteroatoms. The van der Waals surface area contributed by atoms with Gasteiger partial charge in [0.15, 0.2) is 0 Å². The molecule has 19 heavy (non-hydrogen) atoms. The van der Waals surface area contributed by atoms with E-state index < -0.39 is 0 Å². The standard InChI is InChI=1S/C14H17N3O2/c1-9-4-5-11(13(6-9)19-3)16-14(18)12-7-10(15)8-17(12)2/h4-8H,15H2,1-3H3,(H,16,18). The number of anilines is 2. The minimum atomic E-state index is -0.221. The van der Waals surface area contributed by atoms with E-state index in [9.17, 15) is 4.79 Å². The van der Waals surface area contributed by atoms with Crippen LogP contribution in [-0.2, 0) is 7.05 Å². The van der Waals surface area contributed by atoms with E-state index in [4.69, 9.17) is 10.5 Å². The molecule has 0 fully saturated rings. The number of nitrogens with one attached hydrogen (secondary N) is 1. The van der Waals surface area contributed by atoms with Crippen molar-refractivity contribution in [2.24, 2.45) is 7.05 Å². The molecule has 0 aliphatic carbocycles. The molecule has 1 aromatic heterocycles. The summed E-state index contributed by atoms with van der Waals surface area (Å²) in [5.74, 6) is 0.414. The Morgan fingerprint density at radius 2 is 2.11 bits per heavy atom. The number of aryl methyl sites for hydroxylation is 2. The number of hydrogen-bond acceptors (Lipinski definition) is 3. The van der Waals surface area contributed by atoms with Crippen molar-refractivity contribution in [3.8, 4) is 5.75 Å². The molecule has 2 aromatic rings. The fourth-order valence-electron chi connectivity index (χ4n) is 1.90. The summed E-state index contributed by atoms with van der Waals surface area (Å²) >= 11 is 0. The number of benzene rings is 1. The first kappa shape index (κ1) is 13.0. The second kappa shape index (κ2) is 5.06. The van der Waals surface area contributed by atoms with E-state index in [1.807, 2.05) is 25.1 Å². The molecule has 1 heterocycles. The first-order valence-electron chi connectivity index (χ1n) is 5.89. The van der Waals surface area contributed by atoms with Crippen LogP contribution in [0.4, 0.5) is 11.4 Å². The van der Waals surface area contributed by atoms with Gasteiger partial charge in [0.05, 0.1) is 18.5 Å². The second-order valence-electron chi connectivity index (χ2n) is 4.43. The molecule has 0 saturated carbocycles. The molecule has 3 N–H and O–H groups in total. The van der Waals surface area contributed by atoms with E-state index in [-0.39, 0.29) is 5.91 Å². The van der Waals surface area contributed by atoms with Crippen molar-refractivity contribution in [2.45, 2.75) is 6.92 Å². The SMILES string of the molecule is COc1cc(C)ccc1NC(=O)c1cc(N)cn1C. The van der Waals surface area contributed by atoms with E-state index in [0.29, 0.717) is 22.8 Å². The van der Waals surface area contributed by atoms with E-state index in [2.05, 4.69) is 5.32 Å². The monoisotopic (exact) mass is 259 g/mol. The van der Waals surface area contributed by atoms with Gasteiger partial charge in [-0.2, -0.15) is 0 Å². The Labute approximate surface area is 112 Å². The molecule has 100 valence electrons. The minimum Gasteiger partial charge on any atom is -0.495 e. The summed E-state index contributed by atoms with van der Waals surface area (Å²) in [7, 11) is 3.35. The summed E-state index contributed by atoms with van der Waals surface area (Å²) in [6.07, 6.45) is 1.70. The van der Waals surface area contributed by atoms with Gasteiger partial charge in [-0.1, -0.05) is 6.07 Å². The molecule has 2 rings (SSSR count). The van der Waals surface area contributed by atoms with Crippen molar-refractivity contribution in [1.82, 2.24) is 4.57 Å². The zero-order valence-electron chi connectivity index (χ0n) is 11.2. The van der Waals surface area contributed by atoms with Crippen LogP contribution in [0.3, 0.4) is 0 Å². The summed E-state index contributed by atoms with van der Waals surface area (Å²) in [6.45, 7) is 1.96. The number of carbonyl (C=O) groups is 1. The van der Waals surface area contributed by atoms with Crippen molar-refractivity contribution in [2.75, 3.05) is 18.2 Å². The van der Waals surface area contributed by atoms with Gasteiger partial charge < -0.3 is 20.4 Å². The molecule has 0 bridgehead atoms. The van der Waals surface area contributed by atoms with Gasteiger partial charge in [0.2, 0.25) is 0 Å². The number of methoxy groups -OCH3 is 1. The summed E-state index contributed by atoms with van der Waals surface area (Å²) < 4.78 is 6.94. The average Bonchev–Trinajstić information content (AvgIpc) is 2.70. The molecule has 0 saturated heterocycles. The number of carbonyl (C=O) groups excluding carboxylic acids is 1. The predicted molar refractivity (Wildman–Crippen MR) is 75.5 cm³/mol. The molecule has 1 amide bonds. The lowest BCUT2D eigenvalue weighted by molar-refractivity contribution is 0.101. The number of nitrogen functional groups attached to an aromatic ring is 1. The van der Waals surface area contributed by atoms with Crippen LogP contribution < -0.4 is 15.8 Å². The van der Waals surface area contributed by atoms with E-state index in [0.717, 1.165) is 5.56 Å². The van der Waals surface area contributed by atoms with Gasteiger partial charge in [-0.3, -0.25) is 4.79 Å². The quantitative estimate of drug-likeness (QED) is 0.887. The number of rotatable bonds is 3. The zero-order chi connectivity index (χ0) is 14.0. The Bertz CT molecular complexity index is 617. The number of nitrogens with two attached hydrogens (primary N) is 1. The number of ether oxygens (including phenoxy) is 1. The highest BCUT2D eigenvalue weighted by molar-refractivity contribution is 6.04. The van der Waals surface area contributed by atoms with Crippen molar-refractivity contribution < 1.29 is 9.53 Å². The van der Waals surface area contributed by atoms with Crippen LogP contribution in [0.15, 0.2) is 30.5 Å². The maximum absolute atomic E-state index is 12.2. The summed E-state index contributed by atoms with van der Waals surface area (Å²) in [5, 5.41) is 2.82. The zero-order valence-corrected chi connectivity index (χ0v) is 11.2. The lowest BCUT2D eigenvalue weighted by Gasteiger charge is -2.11. The van der Waals surface area contributed by atoms with Crippen molar-refractivity contribution in [3.05, 3.63) is 41.7 Å². The third kappa shape index (κ3) is 2.70. The summed E-state index contributed by atoms with van der Waals surface area (Å²) in [6, 6.07) is 7.24. The first-order chi connectivity index (χ1) is 9.01. The summed E-state index contributed by atoms with van der Waals surface area (Å²) in [5.41, 5.74) is 8.42. The molecule has 0 spiro atoms. The molecule has 1 aromatic carbocycles. The maximum atomic E-state index is 12.2. The smallest absolute Gasteiger partial charge is 0.272 e. The Morgan fingerprint density at radius 3 is 2.68 bits per heavy atom. The number of amides is 1. The molecular formula is C14H17N3O2. The fraction of sp³-hybridized carbons (Fsp3) is 0.214. The van der Waals surface area contributed by atoms with E-state index in [1.54, 1.807) is 31.0 Å². The summed E-state index contributed by atoms with van der Waals surface area (Å²) in [4.78, 5) is 12.2. The topological polar surface area (TPSA) is 69.3 Å². The minimum absolute atomic E-state index is 0.221. The second-order valence-corrected chi connectivity index (χ2v) is 4.43. The van der Waals surface area contributed by atoms with Gasteiger partial charge in [0.25, 0.3) is 5.91 Å². The Kier molecular flexibility index (Phi) is 3.46. The third-order valence-electron chi connectivity index (χ3n) is 2.86. The maximum Gasteiger partial charge on any atom is 0.272 e. The van der Waals surface area contributed by atoms with Gasteiger partial charge in [0, 0.05) is 13.2 Å². The highest BCUT2D eigenvalue weighted by Gasteiger charge is 2.13. The Balaban J connectivity index is 2.26. The van der Waals surface area contributed by atoms with Gasteiger partial charge >= 0.3 is 0 Å². The molecule has 0 atom stereocenters. The molecular weight excluding hydrogens is 242 g/mol. The molecule has 0 aliphatic rings. The molecule has 0 aliphatic heterocycles. The Morgan fingerprint density at radius 1 is 1.37 bits per heavy atom. The molecule has 0 unspecified atom stereocenters. The third-order valence-corrected chi connectivity index (χ3v) is 2.86. The van der Waals surface area contributed by atoms with Crippen LogP contribution in [0, 0.1) is 6.92 Å². The van der Waals surface area contributed by atoms with E-state index >= 15 is 0 Å². The number of aromatic nitrogens is 1. The van der Waals surface area contributed by atoms with Crippen LogP contribution in [-0.4, -0.2) is 17.6 Å². The predicted octanol–water partition coefficient (Wildman–Crippen LogP) is 2.18. The lowest BCUT2D eigenvalue weighted by Crippen LogP contribution is -2.15. The average molecular weight is 259 g/mol. The number of nitrogens with zero attached hydrogens (tertiary/aromatic N) is 1. The molecule has 0 radical (unpaired) electrons. The van der Waals surface area contributed by atoms with Gasteiger partial charge in [0.1, 0.15) is 11.4 Å². The van der Waals surface area contributed by atoms with Gasteiger partial charge in [-0.25, -0.2) is 0 Å². The van der Waals surface area contributed by atoms with Crippen molar-refractivity contribution in [1.29, 1.82) is 0 Å². The highest BCUT2D eigenvalue weighted by atomic mass is 16.5. The van der Waals surface area contributed by atoms with Crippen molar-refractivity contribution in [3.63, 3.8) is 0 Å². The van der Waals surface area contributed by atoms with Gasteiger partial charge in [-0.05, 0) is 30.7 Å². The van der Waals surface area contributed by atoms with E-state index in [1.165, 1.54) is 0 Å².